The number of hydrogen-bond acceptors (Lipinski definition) is 3. The Morgan fingerprint density at radius 3 is 2.93 bits per heavy atom. The van der Waals surface area contributed by atoms with Gasteiger partial charge in [0.15, 0.2) is 0 Å². The average molecular weight is 205 g/mol. The molecule has 0 unspecified atom stereocenters. The molecule has 1 aromatic heterocycles. The van der Waals surface area contributed by atoms with Crippen molar-refractivity contribution in [3.8, 4) is 0 Å². The van der Waals surface area contributed by atoms with Crippen LogP contribution < -0.4 is 10.6 Å². The second-order valence-electron chi connectivity index (χ2n) is 4.50. The van der Waals surface area contributed by atoms with Crippen molar-refractivity contribution in [1.29, 1.82) is 0 Å². The second kappa shape index (κ2) is 4.62. The Morgan fingerprint density at radius 2 is 2.27 bits per heavy atom. The van der Waals surface area contributed by atoms with Crippen LogP contribution in [0.4, 0.5) is 5.82 Å². The molecule has 0 amide bonds. The van der Waals surface area contributed by atoms with Crippen LogP contribution in [0.2, 0.25) is 0 Å². The summed E-state index contributed by atoms with van der Waals surface area (Å²) in [5.41, 5.74) is 1.31. The van der Waals surface area contributed by atoms with Crippen molar-refractivity contribution in [2.45, 2.75) is 45.3 Å². The maximum Gasteiger partial charge on any atom is 0.126 e. The van der Waals surface area contributed by atoms with E-state index in [-0.39, 0.29) is 0 Å². The minimum absolute atomic E-state index is 0.434. The fraction of sp³-hybridized carbons (Fsp3) is 0.583. The van der Waals surface area contributed by atoms with Crippen molar-refractivity contribution in [1.82, 2.24) is 10.3 Å². The zero-order valence-corrected chi connectivity index (χ0v) is 9.46. The molecule has 1 saturated carbocycles. The predicted octanol–water partition coefficient (Wildman–Crippen LogP) is 2.15. The van der Waals surface area contributed by atoms with Crippen LogP contribution >= 0.6 is 0 Å². The lowest BCUT2D eigenvalue weighted by Crippen LogP contribution is -2.16. The molecule has 82 valence electrons. The van der Waals surface area contributed by atoms with Crippen LogP contribution in [-0.4, -0.2) is 17.1 Å². The van der Waals surface area contributed by atoms with E-state index in [0.717, 1.165) is 18.4 Å². The lowest BCUT2D eigenvalue weighted by Gasteiger charge is -2.10. The first-order valence-corrected chi connectivity index (χ1v) is 5.69. The summed E-state index contributed by atoms with van der Waals surface area (Å²) in [5.74, 6) is 0.972. The quantitative estimate of drug-likeness (QED) is 0.773. The number of rotatable bonds is 5. The summed E-state index contributed by atoms with van der Waals surface area (Å²) < 4.78 is 0. The third kappa shape index (κ3) is 3.51. The molecule has 3 nitrogen and oxygen atoms in total. The zero-order valence-electron chi connectivity index (χ0n) is 9.46. The summed E-state index contributed by atoms with van der Waals surface area (Å²) in [4.78, 5) is 4.28. The molecular weight excluding hydrogens is 186 g/mol. The number of pyridine rings is 1. The van der Waals surface area contributed by atoms with E-state index < -0.39 is 0 Å². The summed E-state index contributed by atoms with van der Waals surface area (Å²) in [7, 11) is 0. The largest absolute Gasteiger partial charge is 0.368 e. The molecule has 1 aliphatic rings. The molecule has 1 aromatic rings. The van der Waals surface area contributed by atoms with E-state index in [0.29, 0.717) is 6.04 Å². The number of anilines is 1. The highest BCUT2D eigenvalue weighted by molar-refractivity contribution is 5.38. The van der Waals surface area contributed by atoms with Crippen molar-refractivity contribution in [2.24, 2.45) is 0 Å². The van der Waals surface area contributed by atoms with E-state index in [9.17, 15) is 0 Å². The van der Waals surface area contributed by atoms with Crippen LogP contribution in [0.15, 0.2) is 18.3 Å². The molecule has 1 heterocycles. The van der Waals surface area contributed by atoms with E-state index in [1.54, 1.807) is 0 Å². The van der Waals surface area contributed by atoms with Crippen LogP contribution in [0.1, 0.15) is 32.3 Å². The van der Waals surface area contributed by atoms with Gasteiger partial charge in [-0.15, -0.1) is 0 Å². The second-order valence-corrected chi connectivity index (χ2v) is 4.50. The fourth-order valence-corrected chi connectivity index (χ4v) is 1.51. The molecule has 0 radical (unpaired) electrons. The SMILES string of the molecule is CC(C)Nc1cc(CNC2CC2)ccn1. The Morgan fingerprint density at radius 1 is 1.47 bits per heavy atom. The molecule has 0 bridgehead atoms. The molecule has 0 aromatic carbocycles. The van der Waals surface area contributed by atoms with Gasteiger partial charge in [0.25, 0.3) is 0 Å². The van der Waals surface area contributed by atoms with Gasteiger partial charge in [-0.25, -0.2) is 4.98 Å². The van der Waals surface area contributed by atoms with E-state index in [4.69, 9.17) is 0 Å². The normalized spacial score (nSPS) is 15.7. The van der Waals surface area contributed by atoms with Gasteiger partial charge in [-0.05, 0) is 44.4 Å². The Hall–Kier alpha value is -1.09. The first kappa shape index (κ1) is 10.4. The lowest BCUT2D eigenvalue weighted by molar-refractivity contribution is 0.687. The molecule has 1 aliphatic carbocycles. The molecular formula is C12H19N3. The summed E-state index contributed by atoms with van der Waals surface area (Å²) in [6, 6.07) is 5.39. The van der Waals surface area contributed by atoms with Gasteiger partial charge in [-0.3, -0.25) is 0 Å². The molecule has 2 rings (SSSR count). The first-order valence-electron chi connectivity index (χ1n) is 5.69. The first-order chi connectivity index (χ1) is 7.24. The van der Waals surface area contributed by atoms with Crippen LogP contribution in [0.3, 0.4) is 0 Å². The highest BCUT2D eigenvalue weighted by Crippen LogP contribution is 2.19. The standard InChI is InChI=1S/C12H19N3/c1-9(2)15-12-7-10(5-6-13-12)8-14-11-3-4-11/h5-7,9,11,14H,3-4,8H2,1-2H3,(H,13,15). The van der Waals surface area contributed by atoms with Gasteiger partial charge in [-0.1, -0.05) is 0 Å². The molecule has 0 aliphatic heterocycles. The summed E-state index contributed by atoms with van der Waals surface area (Å²) >= 11 is 0. The Kier molecular flexibility index (Phi) is 3.21. The van der Waals surface area contributed by atoms with E-state index in [2.05, 4.69) is 41.6 Å². The Labute approximate surface area is 91.3 Å². The van der Waals surface area contributed by atoms with Crippen LogP contribution in [0.5, 0.6) is 0 Å². The molecule has 0 spiro atoms. The van der Waals surface area contributed by atoms with Gasteiger partial charge in [0.05, 0.1) is 0 Å². The van der Waals surface area contributed by atoms with Crippen LogP contribution in [0.25, 0.3) is 0 Å². The summed E-state index contributed by atoms with van der Waals surface area (Å²) in [6.07, 6.45) is 4.54. The Balaban J connectivity index is 1.91. The maximum atomic E-state index is 4.28. The van der Waals surface area contributed by atoms with Crippen molar-refractivity contribution >= 4 is 5.82 Å². The van der Waals surface area contributed by atoms with Gasteiger partial charge < -0.3 is 10.6 Å². The lowest BCUT2D eigenvalue weighted by atomic mass is 10.2. The fourth-order valence-electron chi connectivity index (χ4n) is 1.51. The van der Waals surface area contributed by atoms with Gasteiger partial charge >= 0.3 is 0 Å². The van der Waals surface area contributed by atoms with Crippen molar-refractivity contribution in [3.05, 3.63) is 23.9 Å². The molecule has 1 fully saturated rings. The van der Waals surface area contributed by atoms with Crippen molar-refractivity contribution in [2.75, 3.05) is 5.32 Å². The predicted molar refractivity (Wildman–Crippen MR) is 62.9 cm³/mol. The highest BCUT2D eigenvalue weighted by Gasteiger charge is 2.19. The van der Waals surface area contributed by atoms with Crippen molar-refractivity contribution in [3.63, 3.8) is 0 Å². The third-order valence-electron chi connectivity index (χ3n) is 2.43. The third-order valence-corrected chi connectivity index (χ3v) is 2.43. The molecule has 0 atom stereocenters. The Bertz CT molecular complexity index is 318. The molecule has 2 N–H and O–H groups in total. The monoisotopic (exact) mass is 205 g/mol. The van der Waals surface area contributed by atoms with Gasteiger partial charge in [-0.2, -0.15) is 0 Å². The maximum absolute atomic E-state index is 4.28. The van der Waals surface area contributed by atoms with Gasteiger partial charge in [0, 0.05) is 24.8 Å². The molecule has 0 saturated heterocycles. The zero-order chi connectivity index (χ0) is 10.7. The minimum atomic E-state index is 0.434. The smallest absolute Gasteiger partial charge is 0.126 e. The van der Waals surface area contributed by atoms with Gasteiger partial charge in [0.1, 0.15) is 5.82 Å². The van der Waals surface area contributed by atoms with Crippen LogP contribution in [-0.2, 0) is 6.54 Å². The number of nitrogens with zero attached hydrogens (tertiary/aromatic N) is 1. The number of nitrogens with one attached hydrogen (secondary N) is 2. The summed E-state index contributed by atoms with van der Waals surface area (Å²) in [5, 5.41) is 6.81. The van der Waals surface area contributed by atoms with Gasteiger partial charge in [0.2, 0.25) is 0 Å². The number of hydrogen-bond donors (Lipinski definition) is 2. The van der Waals surface area contributed by atoms with Crippen molar-refractivity contribution < 1.29 is 0 Å². The molecule has 15 heavy (non-hydrogen) atoms. The molecule has 3 heteroatoms. The van der Waals surface area contributed by atoms with E-state index in [1.807, 2.05) is 6.20 Å². The average Bonchev–Trinajstić information content (AvgIpc) is 2.97. The summed E-state index contributed by atoms with van der Waals surface area (Å²) in [6.45, 7) is 5.20. The van der Waals surface area contributed by atoms with Crippen LogP contribution in [0, 0.1) is 0 Å². The topological polar surface area (TPSA) is 37.0 Å². The highest BCUT2D eigenvalue weighted by atomic mass is 15.0. The minimum Gasteiger partial charge on any atom is -0.368 e. The number of aromatic nitrogens is 1. The van der Waals surface area contributed by atoms with E-state index in [1.165, 1.54) is 18.4 Å². The van der Waals surface area contributed by atoms with E-state index >= 15 is 0 Å².